The number of aliphatic hydroxyl groups excluding tert-OH is 1. The molecule has 0 bridgehead atoms. The fourth-order valence-electron chi connectivity index (χ4n) is 5.38. The number of aliphatic imine (C=N–C) groups is 1. The van der Waals surface area contributed by atoms with Gasteiger partial charge < -0.3 is 14.6 Å². The normalized spacial score (nSPS) is 16.9. The highest BCUT2D eigenvalue weighted by Crippen LogP contribution is 2.45. The van der Waals surface area contributed by atoms with Gasteiger partial charge in [0.1, 0.15) is 11.6 Å². The standard InChI is InChI=1S/C35H34BrFN6O4/c36-31-12-4-3-11-30(31)32-35(22-26-8-1-2-9-27(26)23-40-43-38,34(45)42-39-18-17-24-7-5-10-28(37)21-24)41-33(47-32)25-13-15-29(16-14-25)46-20-6-19-44/h1-5,7-16,21,32,39,44H,6,17-20,22-23H2,(H,42,45)/t32-,35-/m0/s1. The minimum absolute atomic E-state index is 0.0367. The maximum Gasteiger partial charge on any atom is 0.266 e. The Bertz CT molecular complexity index is 1770. The number of carbonyl (C=O) groups is 1. The summed E-state index contributed by atoms with van der Waals surface area (Å²) in [6.45, 7) is 0.857. The van der Waals surface area contributed by atoms with E-state index in [1.165, 1.54) is 12.1 Å². The zero-order valence-corrected chi connectivity index (χ0v) is 27.1. The molecule has 3 N–H and O–H groups in total. The molecule has 0 radical (unpaired) electrons. The lowest BCUT2D eigenvalue weighted by atomic mass is 9.81. The Morgan fingerprint density at radius 1 is 1.06 bits per heavy atom. The molecule has 0 aromatic heterocycles. The van der Waals surface area contributed by atoms with Crippen LogP contribution in [0.1, 0.15) is 40.3 Å². The minimum Gasteiger partial charge on any atom is -0.494 e. The van der Waals surface area contributed by atoms with Crippen molar-refractivity contribution in [3.8, 4) is 5.75 Å². The van der Waals surface area contributed by atoms with E-state index >= 15 is 0 Å². The minimum atomic E-state index is -1.51. The number of benzene rings is 4. The van der Waals surface area contributed by atoms with E-state index in [0.29, 0.717) is 37.3 Å². The van der Waals surface area contributed by atoms with Crippen LogP contribution in [-0.4, -0.2) is 42.2 Å². The molecule has 4 aromatic rings. The highest BCUT2D eigenvalue weighted by atomic mass is 79.9. The predicted octanol–water partition coefficient (Wildman–Crippen LogP) is 6.52. The molecule has 0 saturated heterocycles. The Kier molecular flexibility index (Phi) is 11.6. The van der Waals surface area contributed by atoms with Crippen molar-refractivity contribution in [2.24, 2.45) is 10.1 Å². The number of hydrazine groups is 1. The van der Waals surface area contributed by atoms with Crippen LogP contribution in [-0.2, 0) is 28.9 Å². The van der Waals surface area contributed by atoms with Gasteiger partial charge in [-0.15, -0.1) is 0 Å². The largest absolute Gasteiger partial charge is 0.494 e. The number of amides is 1. The highest BCUT2D eigenvalue weighted by Gasteiger charge is 2.54. The van der Waals surface area contributed by atoms with E-state index in [-0.39, 0.29) is 31.3 Å². The van der Waals surface area contributed by atoms with Crippen LogP contribution >= 0.6 is 15.9 Å². The van der Waals surface area contributed by atoms with Crippen molar-refractivity contribution in [1.29, 1.82) is 0 Å². The predicted molar refractivity (Wildman–Crippen MR) is 180 cm³/mol. The second-order valence-corrected chi connectivity index (χ2v) is 11.8. The molecule has 242 valence electrons. The molecule has 0 unspecified atom stereocenters. The van der Waals surface area contributed by atoms with Gasteiger partial charge in [0.15, 0.2) is 11.6 Å². The fraction of sp³-hybridized carbons (Fsp3) is 0.257. The van der Waals surface area contributed by atoms with E-state index in [1.807, 2.05) is 66.7 Å². The van der Waals surface area contributed by atoms with Crippen LogP contribution in [0, 0.1) is 5.82 Å². The Balaban J connectivity index is 1.53. The van der Waals surface area contributed by atoms with Crippen molar-refractivity contribution in [1.82, 2.24) is 10.9 Å². The van der Waals surface area contributed by atoms with Crippen LogP contribution in [0.25, 0.3) is 10.4 Å². The first-order valence-corrected chi connectivity index (χ1v) is 15.9. The number of azide groups is 1. The van der Waals surface area contributed by atoms with Crippen molar-refractivity contribution in [3.63, 3.8) is 0 Å². The van der Waals surface area contributed by atoms with Crippen LogP contribution in [0.2, 0.25) is 0 Å². The van der Waals surface area contributed by atoms with E-state index in [0.717, 1.165) is 26.7 Å². The van der Waals surface area contributed by atoms with Crippen molar-refractivity contribution < 1.29 is 23.8 Å². The summed E-state index contributed by atoms with van der Waals surface area (Å²) in [5.41, 5.74) is 17.1. The van der Waals surface area contributed by atoms with Crippen LogP contribution in [0.4, 0.5) is 4.39 Å². The Hall–Kier alpha value is -4.74. The third-order valence-corrected chi connectivity index (χ3v) is 8.45. The van der Waals surface area contributed by atoms with Gasteiger partial charge in [-0.25, -0.2) is 14.8 Å². The van der Waals surface area contributed by atoms with Gasteiger partial charge in [-0.3, -0.25) is 10.2 Å². The van der Waals surface area contributed by atoms with Crippen LogP contribution in [0.5, 0.6) is 5.75 Å². The molecule has 0 aliphatic carbocycles. The van der Waals surface area contributed by atoms with E-state index in [2.05, 4.69) is 36.8 Å². The molecule has 1 aliphatic heterocycles. The lowest BCUT2D eigenvalue weighted by Gasteiger charge is -2.32. The molecule has 4 aromatic carbocycles. The quantitative estimate of drug-likeness (QED) is 0.0426. The first kappa shape index (κ1) is 33.6. The van der Waals surface area contributed by atoms with Crippen molar-refractivity contribution in [2.75, 3.05) is 19.8 Å². The number of hydrogen-bond acceptors (Lipinski definition) is 7. The van der Waals surface area contributed by atoms with Gasteiger partial charge in [-0.1, -0.05) is 75.6 Å². The van der Waals surface area contributed by atoms with Crippen molar-refractivity contribution in [2.45, 2.75) is 37.5 Å². The average Bonchev–Trinajstić information content (AvgIpc) is 3.47. The summed E-state index contributed by atoms with van der Waals surface area (Å²) in [5, 5.41) is 12.8. The molecular formula is C35H34BrFN6O4. The van der Waals surface area contributed by atoms with Crippen LogP contribution in [0.3, 0.4) is 0 Å². The number of hydrogen-bond donors (Lipinski definition) is 3. The molecule has 1 amide bonds. The van der Waals surface area contributed by atoms with E-state index in [9.17, 15) is 9.18 Å². The van der Waals surface area contributed by atoms with E-state index < -0.39 is 17.6 Å². The fourth-order valence-corrected chi connectivity index (χ4v) is 5.87. The molecular weight excluding hydrogens is 667 g/mol. The zero-order valence-electron chi connectivity index (χ0n) is 25.5. The summed E-state index contributed by atoms with van der Waals surface area (Å²) in [7, 11) is 0. The maximum atomic E-state index is 14.5. The second kappa shape index (κ2) is 16.2. The molecule has 0 fully saturated rings. The molecule has 5 rings (SSSR count). The van der Waals surface area contributed by atoms with Gasteiger partial charge in [0, 0.05) is 46.5 Å². The number of nitrogens with zero attached hydrogens (tertiary/aromatic N) is 4. The van der Waals surface area contributed by atoms with Gasteiger partial charge in [0.2, 0.25) is 5.90 Å². The van der Waals surface area contributed by atoms with Gasteiger partial charge in [0.25, 0.3) is 5.91 Å². The molecule has 1 heterocycles. The van der Waals surface area contributed by atoms with Crippen LogP contribution in [0.15, 0.2) is 112 Å². The molecule has 2 atom stereocenters. The molecule has 47 heavy (non-hydrogen) atoms. The number of carbonyl (C=O) groups excluding carboxylic acids is 1. The Morgan fingerprint density at radius 3 is 2.57 bits per heavy atom. The highest BCUT2D eigenvalue weighted by molar-refractivity contribution is 9.10. The molecule has 10 nitrogen and oxygen atoms in total. The smallest absolute Gasteiger partial charge is 0.266 e. The Labute approximate surface area is 280 Å². The summed E-state index contributed by atoms with van der Waals surface area (Å²) >= 11 is 3.65. The number of ether oxygens (including phenoxy) is 2. The van der Waals surface area contributed by atoms with Crippen LogP contribution < -0.4 is 15.6 Å². The summed E-state index contributed by atoms with van der Waals surface area (Å²) in [4.78, 5) is 22.5. The molecule has 0 saturated carbocycles. The van der Waals surface area contributed by atoms with Crippen molar-refractivity contribution in [3.05, 3.63) is 146 Å². The SMILES string of the molecule is [N-]=[N+]=NCc1ccccc1C[C@]1(C(=O)NNCCc2cccc(F)c2)N=C(c2ccc(OCCCO)cc2)O[C@H]1c1ccccc1Br. The second-order valence-electron chi connectivity index (χ2n) is 10.9. The first-order chi connectivity index (χ1) is 22.9. The lowest BCUT2D eigenvalue weighted by Crippen LogP contribution is -2.54. The number of aliphatic hydroxyl groups is 1. The number of nitrogens with one attached hydrogen (secondary N) is 2. The summed E-state index contributed by atoms with van der Waals surface area (Å²) in [6.07, 6.45) is 0.261. The van der Waals surface area contributed by atoms with Gasteiger partial charge in [0.05, 0.1) is 13.2 Å². The Morgan fingerprint density at radius 2 is 1.83 bits per heavy atom. The lowest BCUT2D eigenvalue weighted by molar-refractivity contribution is -0.130. The topological polar surface area (TPSA) is 141 Å². The number of halogens is 2. The first-order valence-electron chi connectivity index (χ1n) is 15.1. The molecule has 1 aliphatic rings. The van der Waals surface area contributed by atoms with Gasteiger partial charge >= 0.3 is 0 Å². The monoisotopic (exact) mass is 700 g/mol. The van der Waals surface area contributed by atoms with Gasteiger partial charge in [-0.2, -0.15) is 0 Å². The zero-order chi connectivity index (χ0) is 33.1. The number of rotatable bonds is 15. The summed E-state index contributed by atoms with van der Waals surface area (Å²) in [6, 6.07) is 28.5. The third kappa shape index (κ3) is 8.35. The molecule has 12 heteroatoms. The average molecular weight is 702 g/mol. The summed E-state index contributed by atoms with van der Waals surface area (Å²) < 4.78 is 26.8. The van der Waals surface area contributed by atoms with E-state index in [1.54, 1.807) is 18.2 Å². The third-order valence-electron chi connectivity index (χ3n) is 7.73. The summed E-state index contributed by atoms with van der Waals surface area (Å²) in [5.74, 6) is 0.141. The molecule has 0 spiro atoms. The van der Waals surface area contributed by atoms with Crippen molar-refractivity contribution >= 4 is 27.7 Å². The van der Waals surface area contributed by atoms with E-state index in [4.69, 9.17) is 25.1 Å². The van der Waals surface area contributed by atoms with Gasteiger partial charge in [-0.05, 0) is 71.1 Å². The maximum absolute atomic E-state index is 14.5.